The summed E-state index contributed by atoms with van der Waals surface area (Å²) < 4.78 is 5.18. The predicted molar refractivity (Wildman–Crippen MR) is 104 cm³/mol. The Morgan fingerprint density at radius 1 is 1.19 bits per heavy atom. The molecular formula is C19H15NO4S2. The fourth-order valence-corrected chi connectivity index (χ4v) is 3.87. The number of phenolic OH excluding ortho intramolecular Hbond substituents is 1. The Kier molecular flexibility index (Phi) is 5.39. The molecule has 1 N–H and O–H groups in total. The Hall–Kier alpha value is -2.64. The summed E-state index contributed by atoms with van der Waals surface area (Å²) in [6.45, 7) is 0. The van der Waals surface area contributed by atoms with Gasteiger partial charge in [-0.25, -0.2) is 4.79 Å². The van der Waals surface area contributed by atoms with E-state index >= 15 is 0 Å². The number of nitrogens with zero attached hydrogens (tertiary/aromatic N) is 1. The van der Waals surface area contributed by atoms with Gasteiger partial charge in [0.05, 0.1) is 12.0 Å². The van der Waals surface area contributed by atoms with Crippen molar-refractivity contribution in [1.82, 2.24) is 4.90 Å². The topological polar surface area (TPSA) is 66.8 Å². The first-order valence-corrected chi connectivity index (χ1v) is 8.92. The quantitative estimate of drug-likeness (QED) is 0.494. The van der Waals surface area contributed by atoms with Crippen LogP contribution in [0, 0.1) is 0 Å². The molecule has 1 amide bonds. The number of phenols is 1. The third-order valence-electron chi connectivity index (χ3n) is 3.81. The molecule has 2 aromatic rings. The van der Waals surface area contributed by atoms with Crippen molar-refractivity contribution >= 4 is 46.3 Å². The summed E-state index contributed by atoms with van der Waals surface area (Å²) in [5.41, 5.74) is 1.37. The summed E-state index contributed by atoms with van der Waals surface area (Å²) in [4.78, 5) is 27.0. The van der Waals surface area contributed by atoms with Gasteiger partial charge in [0.15, 0.2) is 6.04 Å². The standard InChI is InChI=1S/C19H15NO4S2/c1-24-18(23)16(13-5-3-2-4-6-13)20-17(22)15(26-19(20)25)11-12-7-9-14(21)10-8-12/h2-11,16,21H,1H3/b15-11+. The monoisotopic (exact) mass is 385 g/mol. The second-order valence-corrected chi connectivity index (χ2v) is 7.16. The second-order valence-electron chi connectivity index (χ2n) is 5.48. The highest BCUT2D eigenvalue weighted by molar-refractivity contribution is 8.26. The zero-order chi connectivity index (χ0) is 18.7. The molecule has 1 atom stereocenters. The highest BCUT2D eigenvalue weighted by Crippen LogP contribution is 2.38. The second kappa shape index (κ2) is 7.72. The van der Waals surface area contributed by atoms with Crippen LogP contribution in [0.4, 0.5) is 0 Å². The predicted octanol–water partition coefficient (Wildman–Crippen LogP) is 3.51. The average molecular weight is 385 g/mol. The number of ether oxygens (including phenoxy) is 1. The van der Waals surface area contributed by atoms with E-state index in [4.69, 9.17) is 17.0 Å². The molecular weight excluding hydrogens is 370 g/mol. The molecule has 0 aliphatic carbocycles. The van der Waals surface area contributed by atoms with E-state index < -0.39 is 12.0 Å². The maximum absolute atomic E-state index is 12.9. The van der Waals surface area contributed by atoms with E-state index in [1.54, 1.807) is 42.5 Å². The maximum Gasteiger partial charge on any atom is 0.333 e. The molecule has 0 saturated carbocycles. The minimum absolute atomic E-state index is 0.143. The highest BCUT2D eigenvalue weighted by Gasteiger charge is 2.41. The van der Waals surface area contributed by atoms with E-state index in [0.29, 0.717) is 14.8 Å². The van der Waals surface area contributed by atoms with Crippen molar-refractivity contribution in [3.05, 3.63) is 70.6 Å². The first-order valence-electron chi connectivity index (χ1n) is 7.70. The van der Waals surface area contributed by atoms with Gasteiger partial charge in [0.1, 0.15) is 10.1 Å². The van der Waals surface area contributed by atoms with Crippen LogP contribution >= 0.6 is 24.0 Å². The molecule has 5 nitrogen and oxygen atoms in total. The van der Waals surface area contributed by atoms with Crippen LogP contribution in [0.15, 0.2) is 59.5 Å². The number of thioether (sulfide) groups is 1. The molecule has 132 valence electrons. The zero-order valence-electron chi connectivity index (χ0n) is 13.8. The number of thiocarbonyl (C=S) groups is 1. The summed E-state index contributed by atoms with van der Waals surface area (Å²) in [5.74, 6) is -0.768. The van der Waals surface area contributed by atoms with Crippen LogP contribution in [0.5, 0.6) is 5.75 Å². The normalized spacial score (nSPS) is 16.8. The number of aromatic hydroxyl groups is 1. The van der Waals surface area contributed by atoms with E-state index in [-0.39, 0.29) is 11.7 Å². The van der Waals surface area contributed by atoms with Crippen molar-refractivity contribution in [2.45, 2.75) is 6.04 Å². The van der Waals surface area contributed by atoms with Crippen molar-refractivity contribution in [3.8, 4) is 5.75 Å². The number of rotatable bonds is 4. The molecule has 1 aliphatic heterocycles. The molecule has 1 heterocycles. The van der Waals surface area contributed by atoms with E-state index in [1.807, 2.05) is 6.07 Å². The van der Waals surface area contributed by atoms with Gasteiger partial charge in [-0.2, -0.15) is 0 Å². The van der Waals surface area contributed by atoms with Crippen molar-refractivity contribution < 1.29 is 19.4 Å². The average Bonchev–Trinajstić information content (AvgIpc) is 2.92. The molecule has 2 aromatic carbocycles. The number of hydrogen-bond acceptors (Lipinski definition) is 6. The fraction of sp³-hybridized carbons (Fsp3) is 0.105. The van der Waals surface area contributed by atoms with E-state index in [1.165, 1.54) is 24.1 Å². The van der Waals surface area contributed by atoms with Crippen LogP contribution in [0.3, 0.4) is 0 Å². The fourth-order valence-electron chi connectivity index (χ4n) is 2.56. The molecule has 1 unspecified atom stereocenters. The van der Waals surface area contributed by atoms with Gasteiger partial charge >= 0.3 is 5.97 Å². The third-order valence-corrected chi connectivity index (χ3v) is 5.14. The van der Waals surface area contributed by atoms with Crippen molar-refractivity contribution in [2.75, 3.05) is 7.11 Å². The SMILES string of the molecule is COC(=O)C(c1ccccc1)N1C(=O)/C(=C\c2ccc(O)cc2)SC1=S. The van der Waals surface area contributed by atoms with Crippen LogP contribution in [-0.4, -0.2) is 33.3 Å². The van der Waals surface area contributed by atoms with Gasteiger partial charge in [-0.3, -0.25) is 9.69 Å². The van der Waals surface area contributed by atoms with E-state index in [0.717, 1.165) is 17.3 Å². The molecule has 26 heavy (non-hydrogen) atoms. The third kappa shape index (κ3) is 3.63. The molecule has 0 spiro atoms. The van der Waals surface area contributed by atoms with Gasteiger partial charge in [-0.05, 0) is 29.3 Å². The number of methoxy groups -OCH3 is 1. The van der Waals surface area contributed by atoms with Crippen molar-refractivity contribution in [1.29, 1.82) is 0 Å². The molecule has 0 aromatic heterocycles. The maximum atomic E-state index is 12.9. The zero-order valence-corrected chi connectivity index (χ0v) is 15.4. The largest absolute Gasteiger partial charge is 0.508 e. The smallest absolute Gasteiger partial charge is 0.333 e. The van der Waals surface area contributed by atoms with Gasteiger partial charge in [-0.1, -0.05) is 66.4 Å². The first-order chi connectivity index (χ1) is 12.5. The Morgan fingerprint density at radius 3 is 2.46 bits per heavy atom. The Balaban J connectivity index is 1.96. The number of hydrogen-bond donors (Lipinski definition) is 1. The van der Waals surface area contributed by atoms with Crippen molar-refractivity contribution in [2.24, 2.45) is 0 Å². The summed E-state index contributed by atoms with van der Waals surface area (Å²) in [7, 11) is 1.28. The first kappa shape index (κ1) is 18.2. The molecule has 1 fully saturated rings. The number of amides is 1. The Bertz CT molecular complexity index is 878. The number of carbonyl (C=O) groups is 2. The Labute approximate surface area is 160 Å². The number of benzene rings is 2. The summed E-state index contributed by atoms with van der Waals surface area (Å²) in [5, 5.41) is 9.37. The molecule has 7 heteroatoms. The number of esters is 1. The minimum Gasteiger partial charge on any atom is -0.508 e. The molecule has 0 bridgehead atoms. The van der Waals surface area contributed by atoms with Gasteiger partial charge in [0.2, 0.25) is 0 Å². The van der Waals surface area contributed by atoms with Gasteiger partial charge in [-0.15, -0.1) is 0 Å². The molecule has 1 aliphatic rings. The van der Waals surface area contributed by atoms with Gasteiger partial charge in [0.25, 0.3) is 5.91 Å². The highest BCUT2D eigenvalue weighted by atomic mass is 32.2. The van der Waals surface area contributed by atoms with Gasteiger partial charge < -0.3 is 9.84 Å². The van der Waals surface area contributed by atoms with Crippen LogP contribution in [0.1, 0.15) is 17.2 Å². The molecule has 3 rings (SSSR count). The molecule has 1 saturated heterocycles. The van der Waals surface area contributed by atoms with E-state index in [2.05, 4.69) is 0 Å². The number of carbonyl (C=O) groups excluding carboxylic acids is 2. The lowest BCUT2D eigenvalue weighted by molar-refractivity contribution is -0.148. The van der Waals surface area contributed by atoms with Crippen LogP contribution < -0.4 is 0 Å². The van der Waals surface area contributed by atoms with E-state index in [9.17, 15) is 14.7 Å². The Morgan fingerprint density at radius 2 is 1.85 bits per heavy atom. The molecule has 0 radical (unpaired) electrons. The summed E-state index contributed by atoms with van der Waals surface area (Å²) >= 11 is 6.48. The lowest BCUT2D eigenvalue weighted by Gasteiger charge is -2.24. The van der Waals surface area contributed by atoms with Crippen LogP contribution in [0.2, 0.25) is 0 Å². The van der Waals surface area contributed by atoms with Crippen LogP contribution in [-0.2, 0) is 14.3 Å². The summed E-state index contributed by atoms with van der Waals surface area (Å²) in [6.07, 6.45) is 1.68. The lowest BCUT2D eigenvalue weighted by atomic mass is 10.1. The lowest BCUT2D eigenvalue weighted by Crippen LogP contribution is -2.37. The van der Waals surface area contributed by atoms with Crippen LogP contribution in [0.25, 0.3) is 6.08 Å². The van der Waals surface area contributed by atoms with Crippen molar-refractivity contribution in [3.63, 3.8) is 0 Å². The minimum atomic E-state index is -0.931. The van der Waals surface area contributed by atoms with Gasteiger partial charge in [0, 0.05) is 0 Å². The summed E-state index contributed by atoms with van der Waals surface area (Å²) in [6, 6.07) is 14.4.